The summed E-state index contributed by atoms with van der Waals surface area (Å²) in [7, 11) is 4.47. The summed E-state index contributed by atoms with van der Waals surface area (Å²) in [5, 5.41) is 0. The van der Waals surface area contributed by atoms with E-state index in [9.17, 15) is 9.59 Å². The lowest BCUT2D eigenvalue weighted by Crippen LogP contribution is -2.40. The summed E-state index contributed by atoms with van der Waals surface area (Å²) in [6.07, 6.45) is 5.31. The molecule has 1 aliphatic heterocycles. The molecule has 0 saturated carbocycles. The van der Waals surface area contributed by atoms with Gasteiger partial charge in [-0.3, -0.25) is 9.59 Å². The average Bonchev–Trinajstić information content (AvgIpc) is 3.24. The van der Waals surface area contributed by atoms with E-state index in [1.165, 1.54) is 13.2 Å². The van der Waals surface area contributed by atoms with Gasteiger partial charge in [0.15, 0.2) is 11.5 Å². The van der Waals surface area contributed by atoms with Crippen LogP contribution in [0.2, 0.25) is 0 Å². The number of ether oxygens (including phenoxy) is 3. The third-order valence-electron chi connectivity index (χ3n) is 4.81. The highest BCUT2D eigenvalue weighted by Gasteiger charge is 2.33. The molecule has 0 bridgehead atoms. The summed E-state index contributed by atoms with van der Waals surface area (Å²) < 4.78 is 20.9. The van der Waals surface area contributed by atoms with E-state index in [2.05, 4.69) is 0 Å². The highest BCUT2D eigenvalue weighted by Crippen LogP contribution is 2.39. The molecule has 0 spiro atoms. The Kier molecular flexibility index (Phi) is 6.03. The quantitative estimate of drug-likeness (QED) is 0.562. The van der Waals surface area contributed by atoms with Crippen LogP contribution in [-0.4, -0.2) is 44.7 Å². The van der Waals surface area contributed by atoms with Crippen molar-refractivity contribution in [1.29, 1.82) is 0 Å². The number of methoxy groups -OCH3 is 3. The van der Waals surface area contributed by atoms with Gasteiger partial charge in [0.1, 0.15) is 5.76 Å². The van der Waals surface area contributed by atoms with Gasteiger partial charge in [-0.2, -0.15) is 0 Å². The van der Waals surface area contributed by atoms with E-state index in [-0.39, 0.29) is 18.3 Å². The summed E-state index contributed by atoms with van der Waals surface area (Å²) in [6.45, 7) is 0.478. The predicted octanol–water partition coefficient (Wildman–Crippen LogP) is 3.00. The molecule has 1 aromatic heterocycles. The Balaban J connectivity index is 1.95. The first kappa shape index (κ1) is 19.5. The van der Waals surface area contributed by atoms with Gasteiger partial charge in [-0.25, -0.2) is 0 Å². The van der Waals surface area contributed by atoms with Crippen LogP contribution in [0.15, 0.2) is 41.0 Å². The van der Waals surface area contributed by atoms with Gasteiger partial charge in [-0.05, 0) is 47.9 Å². The molecule has 1 atom stereocenters. The highest BCUT2D eigenvalue weighted by atomic mass is 16.5. The Hall–Kier alpha value is -3.22. The molecule has 0 aliphatic carbocycles. The summed E-state index contributed by atoms with van der Waals surface area (Å²) >= 11 is 0. The lowest BCUT2D eigenvalue weighted by Gasteiger charge is -2.36. The van der Waals surface area contributed by atoms with Crippen molar-refractivity contribution in [1.82, 2.24) is 4.90 Å². The van der Waals surface area contributed by atoms with E-state index in [0.29, 0.717) is 30.2 Å². The second kappa shape index (κ2) is 8.65. The molecule has 28 heavy (non-hydrogen) atoms. The Morgan fingerprint density at radius 2 is 1.96 bits per heavy atom. The Bertz CT molecular complexity index is 871. The molecule has 3 rings (SSSR count). The SMILES string of the molecule is COC(=O)C[C@@H]1c2cc(OC)c(OC)cc2CCN1C(=O)/C=C/c1ccco1. The van der Waals surface area contributed by atoms with E-state index >= 15 is 0 Å². The second-order valence-corrected chi connectivity index (χ2v) is 6.33. The first-order chi connectivity index (χ1) is 13.6. The number of carbonyl (C=O) groups is 2. The topological polar surface area (TPSA) is 78.2 Å². The molecule has 0 saturated heterocycles. The van der Waals surface area contributed by atoms with Crippen LogP contribution in [0.3, 0.4) is 0 Å². The fourth-order valence-electron chi connectivity index (χ4n) is 3.39. The van der Waals surface area contributed by atoms with Gasteiger partial charge in [0.05, 0.1) is 40.1 Å². The van der Waals surface area contributed by atoms with Crippen molar-refractivity contribution in [3.05, 3.63) is 53.5 Å². The van der Waals surface area contributed by atoms with E-state index < -0.39 is 6.04 Å². The van der Waals surface area contributed by atoms with Crippen LogP contribution in [0.5, 0.6) is 11.5 Å². The molecule has 7 heteroatoms. The molecule has 2 heterocycles. The molecule has 1 aliphatic rings. The van der Waals surface area contributed by atoms with Crippen LogP contribution in [0.1, 0.15) is 29.3 Å². The van der Waals surface area contributed by atoms with Gasteiger partial charge < -0.3 is 23.5 Å². The Morgan fingerprint density at radius 1 is 1.21 bits per heavy atom. The monoisotopic (exact) mass is 385 g/mol. The summed E-state index contributed by atoms with van der Waals surface area (Å²) in [4.78, 5) is 26.6. The fraction of sp³-hybridized carbons (Fsp3) is 0.333. The van der Waals surface area contributed by atoms with Crippen molar-refractivity contribution in [3.63, 3.8) is 0 Å². The molecule has 2 aromatic rings. The number of fused-ring (bicyclic) bond motifs is 1. The van der Waals surface area contributed by atoms with Gasteiger partial charge in [-0.1, -0.05) is 0 Å². The minimum atomic E-state index is -0.454. The number of hydrogen-bond donors (Lipinski definition) is 0. The third kappa shape index (κ3) is 4.03. The molecule has 1 amide bonds. The number of hydrogen-bond acceptors (Lipinski definition) is 6. The van der Waals surface area contributed by atoms with Crippen molar-refractivity contribution in [2.24, 2.45) is 0 Å². The number of esters is 1. The zero-order valence-electron chi connectivity index (χ0n) is 16.1. The van der Waals surface area contributed by atoms with Crippen molar-refractivity contribution in [2.45, 2.75) is 18.9 Å². The molecular formula is C21H23NO6. The van der Waals surface area contributed by atoms with Crippen LogP contribution in [0.4, 0.5) is 0 Å². The second-order valence-electron chi connectivity index (χ2n) is 6.33. The number of carbonyl (C=O) groups excluding carboxylic acids is 2. The molecule has 0 unspecified atom stereocenters. The average molecular weight is 385 g/mol. The lowest BCUT2D eigenvalue weighted by molar-refractivity contribution is -0.143. The van der Waals surface area contributed by atoms with E-state index in [4.69, 9.17) is 18.6 Å². The van der Waals surface area contributed by atoms with E-state index in [1.807, 2.05) is 12.1 Å². The molecule has 148 valence electrons. The van der Waals surface area contributed by atoms with Crippen LogP contribution < -0.4 is 9.47 Å². The molecule has 1 aromatic carbocycles. The lowest BCUT2D eigenvalue weighted by atomic mass is 9.90. The van der Waals surface area contributed by atoms with Crippen molar-refractivity contribution in [2.75, 3.05) is 27.9 Å². The summed E-state index contributed by atoms with van der Waals surface area (Å²) in [5.74, 6) is 1.17. The maximum absolute atomic E-state index is 12.9. The van der Waals surface area contributed by atoms with Gasteiger partial charge in [0.25, 0.3) is 0 Å². The minimum absolute atomic E-state index is 0.0549. The molecular weight excluding hydrogens is 362 g/mol. The number of furan rings is 1. The number of nitrogens with zero attached hydrogens (tertiary/aromatic N) is 1. The molecule has 0 radical (unpaired) electrons. The normalized spacial score (nSPS) is 16.0. The third-order valence-corrected chi connectivity index (χ3v) is 4.81. The van der Waals surface area contributed by atoms with Gasteiger partial charge in [-0.15, -0.1) is 0 Å². The minimum Gasteiger partial charge on any atom is -0.493 e. The van der Waals surface area contributed by atoms with Crippen LogP contribution in [0.25, 0.3) is 6.08 Å². The maximum atomic E-state index is 12.9. The highest BCUT2D eigenvalue weighted by molar-refractivity contribution is 5.92. The number of rotatable bonds is 6. The smallest absolute Gasteiger partial charge is 0.307 e. The number of amides is 1. The Labute approximate surface area is 163 Å². The zero-order chi connectivity index (χ0) is 20.1. The van der Waals surface area contributed by atoms with Gasteiger partial charge in [0.2, 0.25) is 5.91 Å². The van der Waals surface area contributed by atoms with Gasteiger partial charge in [0, 0.05) is 12.6 Å². The first-order valence-electron chi connectivity index (χ1n) is 8.91. The van der Waals surface area contributed by atoms with Crippen molar-refractivity contribution >= 4 is 18.0 Å². The largest absolute Gasteiger partial charge is 0.493 e. The standard InChI is InChI=1S/C21H23NO6/c1-25-18-11-14-8-9-22(20(23)7-6-15-5-4-10-28-15)17(13-21(24)27-3)16(14)12-19(18)26-2/h4-7,10-12,17H,8-9,13H2,1-3H3/b7-6+/t17-/m1/s1. The molecule has 7 nitrogen and oxygen atoms in total. The Morgan fingerprint density at radius 3 is 2.61 bits per heavy atom. The van der Waals surface area contributed by atoms with Crippen LogP contribution in [0, 0.1) is 0 Å². The predicted molar refractivity (Wildman–Crippen MR) is 102 cm³/mol. The molecule has 0 fully saturated rings. The summed E-state index contributed by atoms with van der Waals surface area (Å²) in [5.41, 5.74) is 1.87. The number of benzene rings is 1. The molecule has 0 N–H and O–H groups in total. The van der Waals surface area contributed by atoms with E-state index in [0.717, 1.165) is 11.1 Å². The van der Waals surface area contributed by atoms with Crippen LogP contribution >= 0.6 is 0 Å². The van der Waals surface area contributed by atoms with Crippen molar-refractivity contribution in [3.8, 4) is 11.5 Å². The van der Waals surface area contributed by atoms with Crippen molar-refractivity contribution < 1.29 is 28.2 Å². The summed E-state index contributed by atoms with van der Waals surface area (Å²) in [6, 6.07) is 6.79. The van der Waals surface area contributed by atoms with Crippen LogP contribution in [-0.2, 0) is 20.7 Å². The zero-order valence-corrected chi connectivity index (χ0v) is 16.1. The fourth-order valence-corrected chi connectivity index (χ4v) is 3.39. The maximum Gasteiger partial charge on any atom is 0.307 e. The first-order valence-corrected chi connectivity index (χ1v) is 8.91. The van der Waals surface area contributed by atoms with E-state index in [1.54, 1.807) is 43.6 Å². The van der Waals surface area contributed by atoms with Gasteiger partial charge >= 0.3 is 5.97 Å².